The van der Waals surface area contributed by atoms with Crippen molar-refractivity contribution >= 4 is 5.84 Å². The van der Waals surface area contributed by atoms with Gasteiger partial charge in [0.15, 0.2) is 0 Å². The average molecular weight is 224 g/mol. The maximum Gasteiger partial charge on any atom is 0.130 e. The molecule has 0 unspecified atom stereocenters. The van der Waals surface area contributed by atoms with E-state index in [1.807, 2.05) is 0 Å². The predicted octanol–water partition coefficient (Wildman–Crippen LogP) is 2.53. The van der Waals surface area contributed by atoms with Crippen LogP contribution in [0, 0.1) is 17.1 Å². The summed E-state index contributed by atoms with van der Waals surface area (Å²) in [5.41, 5.74) is 5.66. The molecule has 1 rings (SSSR count). The van der Waals surface area contributed by atoms with Crippen LogP contribution >= 0.6 is 0 Å². The molecular weight excluding hydrogens is 207 g/mol. The van der Waals surface area contributed by atoms with Gasteiger partial charge in [0.05, 0.1) is 12.2 Å². The Labute approximate surface area is 94.9 Å². The highest BCUT2D eigenvalue weighted by atomic mass is 19.1. The second-order valence-electron chi connectivity index (χ2n) is 4.09. The molecule has 4 heteroatoms. The van der Waals surface area contributed by atoms with E-state index in [1.165, 1.54) is 18.2 Å². The van der Waals surface area contributed by atoms with Gasteiger partial charge in [0.25, 0.3) is 0 Å². The monoisotopic (exact) mass is 224 g/mol. The molecule has 1 aromatic rings. The summed E-state index contributed by atoms with van der Waals surface area (Å²) in [5.74, 6) is 0.413. The number of ether oxygens (including phenoxy) is 1. The largest absolute Gasteiger partial charge is 0.493 e. The molecule has 0 aliphatic heterocycles. The Balaban J connectivity index is 2.75. The number of hydrogen-bond acceptors (Lipinski definition) is 2. The minimum absolute atomic E-state index is 0.181. The lowest BCUT2D eigenvalue weighted by atomic mass is 10.1. The topological polar surface area (TPSA) is 59.1 Å². The Bertz CT molecular complexity index is 377. The van der Waals surface area contributed by atoms with E-state index < -0.39 is 5.82 Å². The number of nitrogen functional groups attached to an aromatic ring is 1. The molecule has 0 saturated heterocycles. The van der Waals surface area contributed by atoms with E-state index in [2.05, 4.69) is 13.8 Å². The maximum absolute atomic E-state index is 13.0. The molecule has 0 aliphatic rings. The fraction of sp³-hybridized carbons (Fsp3) is 0.417. The van der Waals surface area contributed by atoms with Crippen LogP contribution in [0.2, 0.25) is 0 Å². The van der Waals surface area contributed by atoms with Gasteiger partial charge < -0.3 is 10.5 Å². The van der Waals surface area contributed by atoms with Crippen molar-refractivity contribution in [3.63, 3.8) is 0 Å². The third-order valence-electron chi connectivity index (χ3n) is 2.18. The summed E-state index contributed by atoms with van der Waals surface area (Å²) in [6.45, 7) is 4.74. The molecule has 0 radical (unpaired) electrons. The quantitative estimate of drug-likeness (QED) is 0.596. The maximum atomic E-state index is 13.0. The molecule has 0 heterocycles. The summed E-state index contributed by atoms with van der Waals surface area (Å²) in [4.78, 5) is 0. The molecule has 0 bridgehead atoms. The molecule has 0 aliphatic carbocycles. The molecule has 0 fully saturated rings. The van der Waals surface area contributed by atoms with Crippen LogP contribution in [0.1, 0.15) is 25.8 Å². The van der Waals surface area contributed by atoms with Crippen molar-refractivity contribution in [1.29, 1.82) is 5.41 Å². The first-order chi connectivity index (χ1) is 7.50. The van der Waals surface area contributed by atoms with Crippen LogP contribution in [0.15, 0.2) is 18.2 Å². The molecule has 16 heavy (non-hydrogen) atoms. The van der Waals surface area contributed by atoms with Crippen LogP contribution in [-0.4, -0.2) is 12.4 Å². The fourth-order valence-corrected chi connectivity index (χ4v) is 1.24. The number of halogens is 1. The number of hydrogen-bond donors (Lipinski definition) is 2. The van der Waals surface area contributed by atoms with Crippen LogP contribution in [-0.2, 0) is 0 Å². The first kappa shape index (κ1) is 12.5. The van der Waals surface area contributed by atoms with Crippen LogP contribution < -0.4 is 10.5 Å². The summed E-state index contributed by atoms with van der Waals surface area (Å²) in [6.07, 6.45) is 0.911. The van der Waals surface area contributed by atoms with Crippen LogP contribution in [0.5, 0.6) is 5.75 Å². The lowest BCUT2D eigenvalue weighted by Crippen LogP contribution is -2.14. The van der Waals surface area contributed by atoms with Gasteiger partial charge >= 0.3 is 0 Å². The molecule has 0 spiro atoms. The van der Waals surface area contributed by atoms with Crippen LogP contribution in [0.4, 0.5) is 4.39 Å². The molecule has 1 aromatic carbocycles. The van der Waals surface area contributed by atoms with E-state index in [0.29, 0.717) is 23.8 Å². The van der Waals surface area contributed by atoms with Gasteiger partial charge in [-0.25, -0.2) is 4.39 Å². The Morgan fingerprint density at radius 1 is 1.50 bits per heavy atom. The molecule has 3 N–H and O–H groups in total. The lowest BCUT2D eigenvalue weighted by Gasteiger charge is -2.11. The van der Waals surface area contributed by atoms with Crippen molar-refractivity contribution in [3.05, 3.63) is 29.6 Å². The van der Waals surface area contributed by atoms with Gasteiger partial charge in [0, 0.05) is 0 Å². The minimum atomic E-state index is -0.415. The Hall–Kier alpha value is -1.58. The molecular formula is C12H17FN2O. The summed E-state index contributed by atoms with van der Waals surface area (Å²) in [6, 6.07) is 4.02. The number of nitrogens with one attached hydrogen (secondary N) is 1. The summed E-state index contributed by atoms with van der Waals surface area (Å²) in [5, 5.41) is 7.32. The summed E-state index contributed by atoms with van der Waals surface area (Å²) in [7, 11) is 0. The van der Waals surface area contributed by atoms with Gasteiger partial charge in [-0.15, -0.1) is 0 Å². The normalized spacial score (nSPS) is 10.5. The molecule has 3 nitrogen and oxygen atoms in total. The van der Waals surface area contributed by atoms with Crippen molar-refractivity contribution in [3.8, 4) is 5.75 Å². The first-order valence-corrected chi connectivity index (χ1v) is 5.27. The highest BCUT2D eigenvalue weighted by Crippen LogP contribution is 2.19. The zero-order valence-corrected chi connectivity index (χ0v) is 9.59. The zero-order valence-electron chi connectivity index (χ0n) is 9.59. The molecule has 0 saturated carbocycles. The summed E-state index contributed by atoms with van der Waals surface area (Å²) >= 11 is 0. The van der Waals surface area contributed by atoms with E-state index in [4.69, 9.17) is 15.9 Å². The van der Waals surface area contributed by atoms with Gasteiger partial charge in [-0.1, -0.05) is 13.8 Å². The standard InChI is InChI=1S/C12H17FN2O/c1-8(2)5-6-16-11-4-3-9(13)7-10(11)12(14)15/h3-4,7-8H,5-6H2,1-2H3,(H3,14,15). The second kappa shape index (κ2) is 5.49. The van der Waals surface area contributed by atoms with E-state index >= 15 is 0 Å². The van der Waals surface area contributed by atoms with Crippen molar-refractivity contribution in [2.45, 2.75) is 20.3 Å². The molecule has 0 atom stereocenters. The van der Waals surface area contributed by atoms with E-state index in [9.17, 15) is 4.39 Å². The zero-order chi connectivity index (χ0) is 12.1. The van der Waals surface area contributed by atoms with E-state index in [-0.39, 0.29) is 5.84 Å². The minimum Gasteiger partial charge on any atom is -0.493 e. The average Bonchev–Trinajstić information content (AvgIpc) is 2.19. The number of rotatable bonds is 5. The summed E-state index contributed by atoms with van der Waals surface area (Å²) < 4.78 is 18.4. The smallest absolute Gasteiger partial charge is 0.130 e. The highest BCUT2D eigenvalue weighted by molar-refractivity contribution is 5.97. The van der Waals surface area contributed by atoms with Gasteiger partial charge in [-0.3, -0.25) is 5.41 Å². The lowest BCUT2D eigenvalue weighted by molar-refractivity contribution is 0.288. The Morgan fingerprint density at radius 3 is 2.75 bits per heavy atom. The van der Waals surface area contributed by atoms with Crippen molar-refractivity contribution in [2.24, 2.45) is 11.7 Å². The highest BCUT2D eigenvalue weighted by Gasteiger charge is 2.08. The number of amidine groups is 1. The number of nitrogens with two attached hydrogens (primary N) is 1. The second-order valence-corrected chi connectivity index (χ2v) is 4.09. The SMILES string of the molecule is CC(C)CCOc1ccc(F)cc1C(=N)N. The van der Waals surface area contributed by atoms with Crippen molar-refractivity contribution in [1.82, 2.24) is 0 Å². The Morgan fingerprint density at radius 2 is 2.19 bits per heavy atom. The van der Waals surface area contributed by atoms with E-state index in [0.717, 1.165) is 6.42 Å². The van der Waals surface area contributed by atoms with E-state index in [1.54, 1.807) is 0 Å². The third kappa shape index (κ3) is 3.53. The van der Waals surface area contributed by atoms with Crippen LogP contribution in [0.25, 0.3) is 0 Å². The Kier molecular flexibility index (Phi) is 4.28. The molecule has 0 aromatic heterocycles. The third-order valence-corrected chi connectivity index (χ3v) is 2.18. The van der Waals surface area contributed by atoms with Crippen molar-refractivity contribution < 1.29 is 9.13 Å². The molecule has 0 amide bonds. The van der Waals surface area contributed by atoms with Crippen molar-refractivity contribution in [2.75, 3.05) is 6.61 Å². The predicted molar refractivity (Wildman–Crippen MR) is 62.4 cm³/mol. The van der Waals surface area contributed by atoms with Gasteiger partial charge in [-0.2, -0.15) is 0 Å². The molecule has 88 valence electrons. The first-order valence-electron chi connectivity index (χ1n) is 5.27. The fourth-order valence-electron chi connectivity index (χ4n) is 1.24. The van der Waals surface area contributed by atoms with Gasteiger partial charge in [0.2, 0.25) is 0 Å². The number of benzene rings is 1. The van der Waals surface area contributed by atoms with Crippen LogP contribution in [0.3, 0.4) is 0 Å². The van der Waals surface area contributed by atoms with Gasteiger partial charge in [-0.05, 0) is 30.5 Å². The van der Waals surface area contributed by atoms with Gasteiger partial charge in [0.1, 0.15) is 17.4 Å².